The van der Waals surface area contributed by atoms with E-state index >= 15 is 0 Å². The molecule has 0 atom stereocenters. The van der Waals surface area contributed by atoms with Crippen molar-refractivity contribution in [1.29, 1.82) is 0 Å². The van der Waals surface area contributed by atoms with Crippen LogP contribution >= 0.6 is 0 Å². The largest absolute Gasteiger partial charge is 0.0622 e. The molecule has 0 radical (unpaired) electrons. The Kier molecular flexibility index (Phi) is 18.1. The van der Waals surface area contributed by atoms with E-state index in [1.165, 1.54) is 208 Å². The molecule has 0 heterocycles. The van der Waals surface area contributed by atoms with Crippen molar-refractivity contribution in [3.8, 4) is 111 Å². The van der Waals surface area contributed by atoms with Crippen molar-refractivity contribution in [2.75, 3.05) is 0 Å². The van der Waals surface area contributed by atoms with Gasteiger partial charge in [0.05, 0.1) is 0 Å². The van der Waals surface area contributed by atoms with Crippen LogP contribution in [0.4, 0.5) is 0 Å². The Hall–Kier alpha value is -14.8. The smallest absolute Gasteiger partial charge is 0.00199 e. The van der Waals surface area contributed by atoms with Gasteiger partial charge in [-0.2, -0.15) is 0 Å². The van der Waals surface area contributed by atoms with Gasteiger partial charge in [0.2, 0.25) is 0 Å². The summed E-state index contributed by atoms with van der Waals surface area (Å²) >= 11 is 0. The molecule has 0 saturated heterocycles. The summed E-state index contributed by atoms with van der Waals surface area (Å²) in [5, 5.41) is 22.9. The fourth-order valence-corrected chi connectivity index (χ4v) is 17.7. The summed E-state index contributed by atoms with van der Waals surface area (Å²) in [6.07, 6.45) is 0. The molecule has 22 aromatic rings. The molecule has 0 spiro atoms. The fraction of sp³-hybridized carbons (Fsp3) is 0. The van der Waals surface area contributed by atoms with Gasteiger partial charge in [0.15, 0.2) is 0 Å². The summed E-state index contributed by atoms with van der Waals surface area (Å²) in [6.45, 7) is 0. The zero-order chi connectivity index (χ0) is 75.7. The molecule has 0 aromatic heterocycles. The van der Waals surface area contributed by atoms with Crippen LogP contribution in [0.5, 0.6) is 0 Å². The van der Waals surface area contributed by atoms with E-state index in [4.69, 9.17) is 0 Å². The van der Waals surface area contributed by atoms with E-state index in [-0.39, 0.29) is 0 Å². The minimum Gasteiger partial charge on any atom is -0.0622 e. The second-order valence-corrected chi connectivity index (χ2v) is 29.6. The summed E-state index contributed by atoms with van der Waals surface area (Å²) in [5.41, 5.74) is 25.1. The van der Waals surface area contributed by atoms with Crippen LogP contribution in [-0.2, 0) is 0 Å². The molecule has 0 aliphatic carbocycles. The van der Waals surface area contributed by atoms with Crippen LogP contribution in [0.3, 0.4) is 0 Å². The summed E-state index contributed by atoms with van der Waals surface area (Å²) < 4.78 is 0. The minimum absolute atomic E-state index is 1.23. The Labute approximate surface area is 664 Å². The van der Waals surface area contributed by atoms with Crippen LogP contribution in [0.2, 0.25) is 0 Å². The quantitative estimate of drug-likeness (QED) is 0.120. The van der Waals surface area contributed by atoms with E-state index in [9.17, 15) is 0 Å². The SMILES string of the molecule is c1ccc(-c2c3ccccc3c(-c3ccccc3)c3cc4ccccc4cc23)cc1.c1ccc(-c2ccc(-c3c4ccccc4c(-c4ccc(-c5ccccc5)cc4)c4cc5ccccc5cc34)cc2)cc1.c1ccc(-c2ccccc2-c2c3ccccc3c(-c3ccccc3-c3ccccc3)c3cc4ccccc4cc23)cc1. The number of benzene rings is 22. The Morgan fingerprint density at radius 1 is 0.0877 bits per heavy atom. The van der Waals surface area contributed by atoms with Crippen molar-refractivity contribution in [2.24, 2.45) is 0 Å². The second-order valence-electron chi connectivity index (χ2n) is 29.6. The Morgan fingerprint density at radius 2 is 0.246 bits per heavy atom. The lowest BCUT2D eigenvalue weighted by atomic mass is 9.81. The van der Waals surface area contributed by atoms with Gasteiger partial charge < -0.3 is 0 Å². The van der Waals surface area contributed by atoms with Crippen LogP contribution in [0, 0.1) is 0 Å². The first-order valence-electron chi connectivity index (χ1n) is 39.4. The predicted molar refractivity (Wildman–Crippen MR) is 491 cm³/mol. The topological polar surface area (TPSA) is 0 Å². The standard InChI is InChI=1S/2C42H28.C30H20/c1-3-15-29(16-4-1)33-21-9-11-23-35(33)41-37-25-13-14-26-38(37)42(40-28-32-20-8-7-19-31(32)27-39(40)41)36-24-12-10-22-34(36)30-17-5-2-6-18-30;1-3-11-29(12-4-1)31-19-23-33(24-20-31)41-37-17-9-10-18-38(37)42(40-28-36-16-8-7-15-35(36)27-39(40)41)34-25-21-32(22-26-34)30-13-5-2-6-14-30;1-3-11-21(12-4-1)29-25-17-9-10-18-26(25)30(22-13-5-2-6-14-22)28-20-24-16-8-7-15-23(24)19-27(28)29/h2*1-28H;1-20H. The first-order valence-corrected chi connectivity index (χ1v) is 39.4. The average Bonchev–Trinajstić information content (AvgIpc) is 0.729. The molecular formula is C114H76. The van der Waals surface area contributed by atoms with E-state index < -0.39 is 0 Å². The fourth-order valence-electron chi connectivity index (χ4n) is 17.7. The zero-order valence-corrected chi connectivity index (χ0v) is 62.9. The maximum absolute atomic E-state index is 2.41. The summed E-state index contributed by atoms with van der Waals surface area (Å²) in [5.74, 6) is 0. The maximum atomic E-state index is 2.41. The van der Waals surface area contributed by atoms with E-state index in [1.54, 1.807) is 0 Å². The molecule has 0 N–H and O–H groups in total. The van der Waals surface area contributed by atoms with Gasteiger partial charge in [-0.05, 0) is 245 Å². The molecule has 0 heteroatoms. The van der Waals surface area contributed by atoms with Gasteiger partial charge in [-0.25, -0.2) is 0 Å². The summed E-state index contributed by atoms with van der Waals surface area (Å²) in [7, 11) is 0. The molecule has 22 rings (SSSR count). The summed E-state index contributed by atoms with van der Waals surface area (Å²) in [4.78, 5) is 0. The lowest BCUT2D eigenvalue weighted by molar-refractivity contribution is 1.60. The van der Waals surface area contributed by atoms with Crippen LogP contribution in [0.25, 0.3) is 208 Å². The molecule has 532 valence electrons. The first-order chi connectivity index (χ1) is 56.6. The molecule has 114 heavy (non-hydrogen) atoms. The van der Waals surface area contributed by atoms with Gasteiger partial charge in [-0.1, -0.05) is 425 Å². The van der Waals surface area contributed by atoms with Crippen molar-refractivity contribution < 1.29 is 0 Å². The van der Waals surface area contributed by atoms with E-state index in [2.05, 4.69) is 461 Å². The van der Waals surface area contributed by atoms with E-state index in [0.29, 0.717) is 0 Å². The molecule has 0 bridgehead atoms. The number of fused-ring (bicyclic) bond motifs is 9. The highest BCUT2D eigenvalue weighted by molar-refractivity contribution is 6.28. The Balaban J connectivity index is 0.000000113. The van der Waals surface area contributed by atoms with Crippen LogP contribution in [-0.4, -0.2) is 0 Å². The molecule has 0 nitrogen and oxygen atoms in total. The zero-order valence-electron chi connectivity index (χ0n) is 62.9. The monoisotopic (exact) mass is 1440 g/mol. The molecule has 0 fully saturated rings. The lowest BCUT2D eigenvalue weighted by Gasteiger charge is -2.21. The van der Waals surface area contributed by atoms with Gasteiger partial charge in [-0.3, -0.25) is 0 Å². The molecule has 0 unspecified atom stereocenters. The molecule has 0 aliphatic rings. The van der Waals surface area contributed by atoms with Gasteiger partial charge in [-0.15, -0.1) is 0 Å². The van der Waals surface area contributed by atoms with E-state index in [0.717, 1.165) is 0 Å². The molecular weight excluding hydrogens is 1370 g/mol. The number of hydrogen-bond acceptors (Lipinski definition) is 0. The molecule has 22 aromatic carbocycles. The van der Waals surface area contributed by atoms with Crippen molar-refractivity contribution >= 4 is 97.0 Å². The first kappa shape index (κ1) is 68.5. The van der Waals surface area contributed by atoms with Crippen molar-refractivity contribution in [3.63, 3.8) is 0 Å². The molecule has 0 amide bonds. The number of hydrogen-bond donors (Lipinski definition) is 0. The molecule has 0 saturated carbocycles. The highest BCUT2D eigenvalue weighted by Crippen LogP contribution is 2.51. The van der Waals surface area contributed by atoms with Gasteiger partial charge in [0, 0.05) is 0 Å². The van der Waals surface area contributed by atoms with Gasteiger partial charge >= 0.3 is 0 Å². The lowest BCUT2D eigenvalue weighted by Crippen LogP contribution is -1.94. The normalized spacial score (nSPS) is 11.3. The Bertz CT molecular complexity index is 6880. The second kappa shape index (κ2) is 30.2. The third kappa shape index (κ3) is 12.8. The molecule has 0 aliphatic heterocycles. The van der Waals surface area contributed by atoms with Crippen LogP contribution in [0.1, 0.15) is 0 Å². The minimum atomic E-state index is 1.23. The van der Waals surface area contributed by atoms with Crippen LogP contribution in [0.15, 0.2) is 461 Å². The van der Waals surface area contributed by atoms with Crippen LogP contribution < -0.4 is 0 Å². The van der Waals surface area contributed by atoms with Crippen molar-refractivity contribution in [2.45, 2.75) is 0 Å². The summed E-state index contributed by atoms with van der Waals surface area (Å²) in [6, 6.07) is 167. The van der Waals surface area contributed by atoms with Gasteiger partial charge in [0.25, 0.3) is 0 Å². The van der Waals surface area contributed by atoms with Gasteiger partial charge in [0.1, 0.15) is 0 Å². The maximum Gasteiger partial charge on any atom is -0.00199 e. The average molecular weight is 1450 g/mol. The highest BCUT2D eigenvalue weighted by atomic mass is 14.3. The highest BCUT2D eigenvalue weighted by Gasteiger charge is 2.24. The third-order valence-electron chi connectivity index (χ3n) is 22.9. The Morgan fingerprint density at radius 3 is 0.500 bits per heavy atom. The number of rotatable bonds is 10. The van der Waals surface area contributed by atoms with E-state index in [1.807, 2.05) is 0 Å². The third-order valence-corrected chi connectivity index (χ3v) is 22.9. The van der Waals surface area contributed by atoms with Crippen molar-refractivity contribution in [1.82, 2.24) is 0 Å². The predicted octanol–water partition coefficient (Wildman–Crippen LogP) is 32.1. The van der Waals surface area contributed by atoms with Crippen molar-refractivity contribution in [3.05, 3.63) is 461 Å².